The third kappa shape index (κ3) is 2.33. The number of hydrogen-bond acceptors (Lipinski definition) is 4. The third-order valence-corrected chi connectivity index (χ3v) is 2.86. The Balaban J connectivity index is 1.96. The molecule has 0 fully saturated rings. The Bertz CT molecular complexity index is 690. The molecule has 3 aromatic rings. The van der Waals surface area contributed by atoms with Crippen molar-refractivity contribution in [2.75, 3.05) is 12.4 Å². The van der Waals surface area contributed by atoms with Crippen LogP contribution < -0.4 is 10.1 Å². The van der Waals surface area contributed by atoms with Crippen LogP contribution in [-0.4, -0.2) is 17.0 Å². The first-order valence-electron chi connectivity index (χ1n) is 6.02. The minimum atomic E-state index is 0.572. The first kappa shape index (κ1) is 11.5. The van der Waals surface area contributed by atoms with Crippen LogP contribution in [0, 0.1) is 0 Å². The van der Waals surface area contributed by atoms with Gasteiger partial charge in [0.15, 0.2) is 0 Å². The van der Waals surface area contributed by atoms with E-state index in [1.165, 1.54) is 6.33 Å². The van der Waals surface area contributed by atoms with Crippen molar-refractivity contribution < 1.29 is 4.74 Å². The number of ether oxygens (including phenoxy) is 1. The molecule has 0 saturated carbocycles. The zero-order chi connectivity index (χ0) is 13.1. The number of nitrogens with one attached hydrogen (secondary N) is 1. The maximum atomic E-state index is 5.81. The Morgan fingerprint density at radius 1 is 0.947 bits per heavy atom. The van der Waals surface area contributed by atoms with Crippen LogP contribution in [0.4, 0.5) is 5.69 Å². The smallest absolute Gasteiger partial charge is 0.230 e. The van der Waals surface area contributed by atoms with E-state index in [1.54, 1.807) is 0 Å². The Morgan fingerprint density at radius 2 is 1.74 bits per heavy atom. The molecular formula is C15H13N3O. The molecule has 3 rings (SSSR count). The van der Waals surface area contributed by atoms with Crippen molar-refractivity contribution in [3.63, 3.8) is 0 Å². The largest absolute Gasteiger partial charge is 0.438 e. The van der Waals surface area contributed by atoms with Gasteiger partial charge in [-0.25, -0.2) is 9.97 Å². The lowest BCUT2D eigenvalue weighted by Gasteiger charge is -2.07. The van der Waals surface area contributed by atoms with Gasteiger partial charge < -0.3 is 10.1 Å². The van der Waals surface area contributed by atoms with Crippen molar-refractivity contribution in [1.82, 2.24) is 9.97 Å². The van der Waals surface area contributed by atoms with E-state index in [9.17, 15) is 0 Å². The zero-order valence-electron chi connectivity index (χ0n) is 10.5. The molecule has 0 bridgehead atoms. The van der Waals surface area contributed by atoms with Crippen molar-refractivity contribution in [2.24, 2.45) is 0 Å². The Kier molecular flexibility index (Phi) is 2.98. The fourth-order valence-electron chi connectivity index (χ4n) is 1.86. The van der Waals surface area contributed by atoms with Gasteiger partial charge in [0.05, 0.1) is 10.9 Å². The van der Waals surface area contributed by atoms with Crippen LogP contribution in [0.15, 0.2) is 54.9 Å². The molecule has 0 spiro atoms. The molecule has 2 aromatic carbocycles. The molecule has 19 heavy (non-hydrogen) atoms. The second-order valence-corrected chi connectivity index (χ2v) is 4.07. The molecular weight excluding hydrogens is 238 g/mol. The van der Waals surface area contributed by atoms with Crippen LogP contribution in [0.2, 0.25) is 0 Å². The fourth-order valence-corrected chi connectivity index (χ4v) is 1.86. The number of para-hydroxylation sites is 1. The van der Waals surface area contributed by atoms with Crippen molar-refractivity contribution in [3.05, 3.63) is 54.9 Å². The molecule has 4 heteroatoms. The van der Waals surface area contributed by atoms with Crippen LogP contribution >= 0.6 is 0 Å². The maximum Gasteiger partial charge on any atom is 0.230 e. The van der Waals surface area contributed by atoms with E-state index in [1.807, 2.05) is 55.6 Å². The molecule has 4 nitrogen and oxygen atoms in total. The summed E-state index contributed by atoms with van der Waals surface area (Å²) in [6, 6.07) is 15.5. The number of benzene rings is 2. The van der Waals surface area contributed by atoms with E-state index in [4.69, 9.17) is 4.74 Å². The SMILES string of the molecule is CNc1ccc(Oc2ncnc3ccccc23)cc1. The van der Waals surface area contributed by atoms with E-state index in [-0.39, 0.29) is 0 Å². The Morgan fingerprint density at radius 3 is 2.53 bits per heavy atom. The summed E-state index contributed by atoms with van der Waals surface area (Å²) in [6.07, 6.45) is 1.51. The molecule has 94 valence electrons. The van der Waals surface area contributed by atoms with Crippen molar-refractivity contribution in [1.29, 1.82) is 0 Å². The number of hydrogen-bond donors (Lipinski definition) is 1. The van der Waals surface area contributed by atoms with Gasteiger partial charge in [-0.2, -0.15) is 0 Å². The van der Waals surface area contributed by atoms with Gasteiger partial charge in [-0.3, -0.25) is 0 Å². The number of fused-ring (bicyclic) bond motifs is 1. The van der Waals surface area contributed by atoms with Crippen LogP contribution in [0.1, 0.15) is 0 Å². The molecule has 0 aliphatic heterocycles. The molecule has 1 N–H and O–H groups in total. The van der Waals surface area contributed by atoms with Gasteiger partial charge in [0, 0.05) is 12.7 Å². The molecule has 0 amide bonds. The van der Waals surface area contributed by atoms with Crippen LogP contribution in [-0.2, 0) is 0 Å². The summed E-state index contributed by atoms with van der Waals surface area (Å²) in [7, 11) is 1.88. The highest BCUT2D eigenvalue weighted by molar-refractivity contribution is 5.83. The van der Waals surface area contributed by atoms with Crippen molar-refractivity contribution in [3.8, 4) is 11.6 Å². The van der Waals surface area contributed by atoms with E-state index < -0.39 is 0 Å². The summed E-state index contributed by atoms with van der Waals surface area (Å²) in [5.41, 5.74) is 1.92. The first-order chi connectivity index (χ1) is 9.36. The normalized spacial score (nSPS) is 10.4. The van der Waals surface area contributed by atoms with Crippen LogP contribution in [0.5, 0.6) is 11.6 Å². The number of aromatic nitrogens is 2. The van der Waals surface area contributed by atoms with Gasteiger partial charge in [0.2, 0.25) is 5.88 Å². The summed E-state index contributed by atoms with van der Waals surface area (Å²) in [6.45, 7) is 0. The van der Waals surface area contributed by atoms with Gasteiger partial charge in [-0.05, 0) is 36.4 Å². The predicted molar refractivity (Wildman–Crippen MR) is 75.6 cm³/mol. The number of rotatable bonds is 3. The van der Waals surface area contributed by atoms with Gasteiger partial charge in [0.1, 0.15) is 12.1 Å². The highest BCUT2D eigenvalue weighted by atomic mass is 16.5. The van der Waals surface area contributed by atoms with E-state index in [2.05, 4.69) is 15.3 Å². The zero-order valence-corrected chi connectivity index (χ0v) is 10.5. The summed E-state index contributed by atoms with van der Waals surface area (Å²) in [5, 5.41) is 3.97. The van der Waals surface area contributed by atoms with Crippen LogP contribution in [0.3, 0.4) is 0 Å². The highest BCUT2D eigenvalue weighted by Gasteiger charge is 2.05. The molecule has 0 aliphatic carbocycles. The molecule has 1 heterocycles. The lowest BCUT2D eigenvalue weighted by atomic mass is 10.2. The number of anilines is 1. The predicted octanol–water partition coefficient (Wildman–Crippen LogP) is 3.46. The van der Waals surface area contributed by atoms with Gasteiger partial charge >= 0.3 is 0 Å². The van der Waals surface area contributed by atoms with Gasteiger partial charge in [0.25, 0.3) is 0 Å². The Labute approximate surface area is 111 Å². The molecule has 1 aromatic heterocycles. The van der Waals surface area contributed by atoms with Crippen LogP contribution in [0.25, 0.3) is 10.9 Å². The first-order valence-corrected chi connectivity index (χ1v) is 6.02. The molecule has 0 saturated heterocycles. The van der Waals surface area contributed by atoms with E-state index in [0.717, 1.165) is 22.3 Å². The second kappa shape index (κ2) is 4.94. The topological polar surface area (TPSA) is 47.0 Å². The molecule has 0 aliphatic rings. The summed E-state index contributed by atoms with van der Waals surface area (Å²) in [5.74, 6) is 1.32. The van der Waals surface area contributed by atoms with Crippen molar-refractivity contribution >= 4 is 16.6 Å². The Hall–Kier alpha value is -2.62. The standard InChI is InChI=1S/C15H13N3O/c1-16-11-6-8-12(9-7-11)19-15-13-4-2-3-5-14(13)17-10-18-15/h2-10,16H,1H3. The minimum Gasteiger partial charge on any atom is -0.438 e. The fraction of sp³-hybridized carbons (Fsp3) is 0.0667. The molecule has 0 unspecified atom stereocenters. The average Bonchev–Trinajstić information content (AvgIpc) is 2.48. The highest BCUT2D eigenvalue weighted by Crippen LogP contribution is 2.26. The monoisotopic (exact) mass is 251 g/mol. The summed E-state index contributed by atoms with van der Waals surface area (Å²) < 4.78 is 5.81. The van der Waals surface area contributed by atoms with Crippen molar-refractivity contribution in [2.45, 2.75) is 0 Å². The van der Waals surface area contributed by atoms with Gasteiger partial charge in [-0.1, -0.05) is 12.1 Å². The quantitative estimate of drug-likeness (QED) is 0.774. The lowest BCUT2D eigenvalue weighted by molar-refractivity contribution is 0.468. The summed E-state index contributed by atoms with van der Waals surface area (Å²) >= 11 is 0. The number of nitrogens with zero attached hydrogens (tertiary/aromatic N) is 2. The third-order valence-electron chi connectivity index (χ3n) is 2.86. The average molecular weight is 251 g/mol. The minimum absolute atomic E-state index is 0.572. The van der Waals surface area contributed by atoms with E-state index >= 15 is 0 Å². The van der Waals surface area contributed by atoms with E-state index in [0.29, 0.717) is 5.88 Å². The summed E-state index contributed by atoms with van der Waals surface area (Å²) in [4.78, 5) is 8.41. The maximum absolute atomic E-state index is 5.81. The molecule has 0 atom stereocenters. The lowest BCUT2D eigenvalue weighted by Crippen LogP contribution is -1.92. The van der Waals surface area contributed by atoms with Gasteiger partial charge in [-0.15, -0.1) is 0 Å². The molecule has 0 radical (unpaired) electrons. The second-order valence-electron chi connectivity index (χ2n) is 4.07.